The van der Waals surface area contributed by atoms with Crippen molar-refractivity contribution in [2.24, 2.45) is 7.05 Å². The van der Waals surface area contributed by atoms with Crippen LogP contribution in [-0.2, 0) is 13.6 Å². The standard InChI is InChI=1S/C29H21N7O/c1-4-23-34-21-11-8-17(13-22(21)35-23)27-25-20-10-9-19(37-24-7-5-6-16(2)33-24)12-18(20)14-30-28-26(25)29(36(27)3)32-15-31-28/h1,5-13,15H,14H2,2-3H3,(H,34,35)(H,30,31,32). The van der Waals surface area contributed by atoms with Crippen molar-refractivity contribution in [1.82, 2.24) is 29.5 Å². The molecule has 0 saturated heterocycles. The number of nitrogens with one attached hydrogen (secondary N) is 2. The number of benzene rings is 2. The van der Waals surface area contributed by atoms with Crippen LogP contribution in [0.3, 0.4) is 0 Å². The zero-order valence-corrected chi connectivity index (χ0v) is 20.2. The van der Waals surface area contributed by atoms with Gasteiger partial charge in [0.15, 0.2) is 5.82 Å². The Labute approximate surface area is 212 Å². The maximum absolute atomic E-state index is 6.10. The zero-order chi connectivity index (χ0) is 25.1. The minimum absolute atomic E-state index is 0.514. The lowest BCUT2D eigenvalue weighted by atomic mass is 9.95. The van der Waals surface area contributed by atoms with E-state index in [4.69, 9.17) is 11.2 Å². The minimum atomic E-state index is 0.514. The van der Waals surface area contributed by atoms with E-state index < -0.39 is 0 Å². The highest BCUT2D eigenvalue weighted by molar-refractivity contribution is 6.10. The molecule has 0 aliphatic carbocycles. The van der Waals surface area contributed by atoms with Gasteiger partial charge in [-0.15, -0.1) is 6.42 Å². The summed E-state index contributed by atoms with van der Waals surface area (Å²) < 4.78 is 8.22. The second-order valence-corrected chi connectivity index (χ2v) is 9.06. The number of pyridine rings is 1. The summed E-state index contributed by atoms with van der Waals surface area (Å²) in [6.45, 7) is 2.55. The third kappa shape index (κ3) is 3.32. The number of aromatic amines is 1. The molecule has 0 spiro atoms. The van der Waals surface area contributed by atoms with Crippen molar-refractivity contribution in [3.05, 3.63) is 78.0 Å². The van der Waals surface area contributed by atoms with Crippen molar-refractivity contribution < 1.29 is 4.74 Å². The van der Waals surface area contributed by atoms with Crippen LogP contribution in [-0.4, -0.2) is 29.5 Å². The Bertz CT molecular complexity index is 1910. The number of aromatic nitrogens is 6. The van der Waals surface area contributed by atoms with Gasteiger partial charge in [-0.05, 0) is 54.3 Å². The highest BCUT2D eigenvalue weighted by atomic mass is 16.5. The molecule has 0 atom stereocenters. The molecule has 178 valence electrons. The number of terminal acetylenes is 1. The Morgan fingerprint density at radius 2 is 1.97 bits per heavy atom. The van der Waals surface area contributed by atoms with Crippen molar-refractivity contribution in [2.75, 3.05) is 5.32 Å². The molecule has 1 aliphatic rings. The van der Waals surface area contributed by atoms with Crippen molar-refractivity contribution in [2.45, 2.75) is 13.5 Å². The van der Waals surface area contributed by atoms with Crippen LogP contribution in [0.5, 0.6) is 11.6 Å². The number of rotatable bonds is 3. The van der Waals surface area contributed by atoms with Gasteiger partial charge in [0.2, 0.25) is 5.88 Å². The molecular weight excluding hydrogens is 462 g/mol. The number of anilines is 1. The van der Waals surface area contributed by atoms with E-state index in [0.717, 1.165) is 67.3 Å². The molecule has 4 aromatic heterocycles. The van der Waals surface area contributed by atoms with E-state index >= 15 is 0 Å². The summed E-state index contributed by atoms with van der Waals surface area (Å²) >= 11 is 0. The number of aryl methyl sites for hydroxylation is 2. The molecule has 6 aromatic rings. The summed E-state index contributed by atoms with van der Waals surface area (Å²) in [6.07, 6.45) is 7.16. The van der Waals surface area contributed by atoms with Gasteiger partial charge in [-0.3, -0.25) is 0 Å². The SMILES string of the molecule is C#Cc1nc2ccc(-c3c4c5c(ncnc5n3C)NCc3cc(Oc5cccc(C)n5)ccc3-4)cc2[nH]1. The predicted molar refractivity (Wildman–Crippen MR) is 143 cm³/mol. The zero-order valence-electron chi connectivity index (χ0n) is 20.2. The lowest BCUT2D eigenvalue weighted by Crippen LogP contribution is -2.03. The molecule has 2 aromatic carbocycles. The summed E-state index contributed by atoms with van der Waals surface area (Å²) in [6, 6.07) is 18.0. The van der Waals surface area contributed by atoms with Crippen LogP contribution in [0.25, 0.3) is 44.5 Å². The molecule has 1 aliphatic heterocycles. The highest BCUT2D eigenvalue weighted by Gasteiger charge is 2.27. The average Bonchev–Trinajstić information content (AvgIpc) is 3.40. The Hall–Kier alpha value is -5.16. The second-order valence-electron chi connectivity index (χ2n) is 9.06. The van der Waals surface area contributed by atoms with Crippen molar-refractivity contribution >= 4 is 27.9 Å². The molecule has 0 bridgehead atoms. The van der Waals surface area contributed by atoms with Crippen LogP contribution >= 0.6 is 0 Å². The highest BCUT2D eigenvalue weighted by Crippen LogP contribution is 2.46. The first-order chi connectivity index (χ1) is 18.1. The van der Waals surface area contributed by atoms with Gasteiger partial charge in [-0.2, -0.15) is 0 Å². The molecule has 2 N–H and O–H groups in total. The summed E-state index contributed by atoms with van der Waals surface area (Å²) in [5.41, 5.74) is 8.80. The first-order valence-corrected chi connectivity index (χ1v) is 11.9. The molecule has 0 saturated carbocycles. The number of ether oxygens (including phenoxy) is 1. The van der Waals surface area contributed by atoms with Crippen LogP contribution in [0.4, 0.5) is 5.82 Å². The maximum Gasteiger partial charge on any atom is 0.219 e. The molecule has 7 rings (SSSR count). The lowest BCUT2D eigenvalue weighted by Gasteiger charge is -2.13. The summed E-state index contributed by atoms with van der Waals surface area (Å²) in [5, 5.41) is 4.49. The molecule has 8 nitrogen and oxygen atoms in total. The number of nitrogens with zero attached hydrogens (tertiary/aromatic N) is 5. The van der Waals surface area contributed by atoms with Crippen molar-refractivity contribution in [1.29, 1.82) is 0 Å². The van der Waals surface area contributed by atoms with Gasteiger partial charge in [0, 0.05) is 36.5 Å². The molecule has 0 radical (unpaired) electrons. The Kier molecular flexibility index (Phi) is 4.53. The van der Waals surface area contributed by atoms with E-state index in [-0.39, 0.29) is 0 Å². The quantitative estimate of drug-likeness (QED) is 0.319. The number of fused-ring (bicyclic) bond motifs is 3. The Morgan fingerprint density at radius 1 is 1.05 bits per heavy atom. The monoisotopic (exact) mass is 483 g/mol. The van der Waals surface area contributed by atoms with Gasteiger partial charge < -0.3 is 19.6 Å². The minimum Gasteiger partial charge on any atom is -0.439 e. The molecule has 0 unspecified atom stereocenters. The Morgan fingerprint density at radius 3 is 2.84 bits per heavy atom. The van der Waals surface area contributed by atoms with Gasteiger partial charge in [0.05, 0.1) is 22.1 Å². The van der Waals surface area contributed by atoms with Gasteiger partial charge >= 0.3 is 0 Å². The van der Waals surface area contributed by atoms with Gasteiger partial charge in [-0.1, -0.05) is 18.2 Å². The normalized spacial score (nSPS) is 12.1. The number of hydrogen-bond donors (Lipinski definition) is 2. The fraction of sp³-hybridized carbons (Fsp3) is 0.103. The first-order valence-electron chi connectivity index (χ1n) is 11.9. The summed E-state index contributed by atoms with van der Waals surface area (Å²) in [7, 11) is 2.03. The summed E-state index contributed by atoms with van der Waals surface area (Å²) in [5.74, 6) is 5.19. The topological polar surface area (TPSA) is 93.5 Å². The van der Waals surface area contributed by atoms with Crippen LogP contribution in [0, 0.1) is 19.3 Å². The first kappa shape index (κ1) is 21.1. The number of H-pyrrole nitrogens is 1. The van der Waals surface area contributed by atoms with Crippen LogP contribution in [0.1, 0.15) is 17.1 Å². The fourth-order valence-corrected chi connectivity index (χ4v) is 5.11. The van der Waals surface area contributed by atoms with E-state index in [9.17, 15) is 0 Å². The van der Waals surface area contributed by atoms with Crippen molar-refractivity contribution in [3.8, 4) is 46.4 Å². The van der Waals surface area contributed by atoms with E-state index in [0.29, 0.717) is 18.2 Å². The summed E-state index contributed by atoms with van der Waals surface area (Å²) in [4.78, 5) is 21.4. The molecule has 0 fully saturated rings. The maximum atomic E-state index is 6.10. The molecule has 37 heavy (non-hydrogen) atoms. The van der Waals surface area contributed by atoms with Gasteiger partial charge in [-0.25, -0.2) is 19.9 Å². The van der Waals surface area contributed by atoms with Crippen LogP contribution < -0.4 is 10.1 Å². The van der Waals surface area contributed by atoms with E-state index in [1.165, 1.54) is 0 Å². The Balaban J connectivity index is 1.43. The van der Waals surface area contributed by atoms with E-state index in [1.54, 1.807) is 6.33 Å². The van der Waals surface area contributed by atoms with E-state index in [1.807, 2.05) is 44.3 Å². The predicted octanol–water partition coefficient (Wildman–Crippen LogP) is 5.58. The molecule has 5 heterocycles. The van der Waals surface area contributed by atoms with E-state index in [2.05, 4.69) is 65.0 Å². The van der Waals surface area contributed by atoms with Gasteiger partial charge in [0.1, 0.15) is 23.5 Å². The third-order valence-corrected chi connectivity index (χ3v) is 6.74. The molecular formula is C29H21N7O. The lowest BCUT2D eigenvalue weighted by molar-refractivity contribution is 0.461. The number of imidazole rings is 1. The van der Waals surface area contributed by atoms with Gasteiger partial charge in [0.25, 0.3) is 0 Å². The number of hydrogen-bond acceptors (Lipinski definition) is 6. The average molecular weight is 484 g/mol. The van der Waals surface area contributed by atoms with Crippen molar-refractivity contribution in [3.63, 3.8) is 0 Å². The molecule has 0 amide bonds. The third-order valence-electron chi connectivity index (χ3n) is 6.74. The largest absolute Gasteiger partial charge is 0.439 e. The molecule has 8 heteroatoms. The van der Waals surface area contributed by atoms with Crippen LogP contribution in [0.15, 0.2) is 60.9 Å². The van der Waals surface area contributed by atoms with Crippen LogP contribution in [0.2, 0.25) is 0 Å². The smallest absolute Gasteiger partial charge is 0.219 e. The second kappa shape index (κ2) is 7.93. The fourth-order valence-electron chi connectivity index (χ4n) is 5.11.